The zero-order valence-corrected chi connectivity index (χ0v) is 17.8. The third kappa shape index (κ3) is 3.26. The van der Waals surface area contributed by atoms with Gasteiger partial charge in [-0.3, -0.25) is 24.5 Å². The fraction of sp³-hybridized carbons (Fsp3) is 0.348. The molecule has 8 nitrogen and oxygen atoms in total. The van der Waals surface area contributed by atoms with Crippen LogP contribution in [0.4, 0.5) is 5.69 Å². The van der Waals surface area contributed by atoms with Crippen molar-refractivity contribution in [2.24, 2.45) is 23.7 Å². The first-order chi connectivity index (χ1) is 15.3. The quantitative estimate of drug-likeness (QED) is 0.389. The van der Waals surface area contributed by atoms with E-state index in [0.29, 0.717) is 10.6 Å². The van der Waals surface area contributed by atoms with Crippen molar-refractivity contribution in [3.63, 3.8) is 0 Å². The van der Waals surface area contributed by atoms with Gasteiger partial charge in [0.25, 0.3) is 23.4 Å². The van der Waals surface area contributed by atoms with Crippen LogP contribution in [0.25, 0.3) is 0 Å². The second kappa shape index (κ2) is 7.70. The molecule has 1 aliphatic heterocycles. The van der Waals surface area contributed by atoms with E-state index in [2.05, 4.69) is 0 Å². The fourth-order valence-corrected chi connectivity index (χ4v) is 5.65. The van der Waals surface area contributed by atoms with Gasteiger partial charge in [0.05, 0.1) is 23.3 Å². The number of carbonyl (C=O) groups is 3. The van der Waals surface area contributed by atoms with Crippen molar-refractivity contribution in [2.75, 3.05) is 0 Å². The van der Waals surface area contributed by atoms with E-state index in [1.807, 2.05) is 0 Å². The van der Waals surface area contributed by atoms with E-state index >= 15 is 0 Å². The average molecular weight is 454 g/mol. The molecule has 0 unspecified atom stereocenters. The van der Waals surface area contributed by atoms with Crippen molar-refractivity contribution in [1.82, 2.24) is 10.0 Å². The minimum atomic E-state index is -0.641. The molecule has 0 aromatic heterocycles. The number of imide groups is 1. The molecule has 164 valence electrons. The molecule has 4 atom stereocenters. The number of fused-ring (bicyclic) bond motifs is 5. The maximum atomic E-state index is 13.5. The predicted octanol–water partition coefficient (Wildman–Crippen LogP) is 3.84. The molecule has 2 aliphatic carbocycles. The minimum absolute atomic E-state index is 0.0359. The van der Waals surface area contributed by atoms with E-state index in [1.165, 1.54) is 18.2 Å². The SMILES string of the molecule is O=C(c1cccc([N+](=O)[O-])c1)N(Cc1ccc(Cl)cc1)N1C(=O)[C@H]2[C@H]3CC[C@@H](C3)[C@@H]2C1=O. The van der Waals surface area contributed by atoms with Gasteiger partial charge in [-0.25, -0.2) is 5.01 Å². The van der Waals surface area contributed by atoms with Gasteiger partial charge in [0.15, 0.2) is 0 Å². The van der Waals surface area contributed by atoms with E-state index in [4.69, 9.17) is 11.6 Å². The van der Waals surface area contributed by atoms with E-state index in [9.17, 15) is 24.5 Å². The smallest absolute Gasteiger partial charge is 0.272 e. The van der Waals surface area contributed by atoms with Crippen LogP contribution in [0.1, 0.15) is 35.2 Å². The Balaban J connectivity index is 1.53. The predicted molar refractivity (Wildman–Crippen MR) is 114 cm³/mol. The molecule has 3 fully saturated rings. The van der Waals surface area contributed by atoms with Crippen molar-refractivity contribution in [1.29, 1.82) is 0 Å². The van der Waals surface area contributed by atoms with Crippen LogP contribution in [0.3, 0.4) is 0 Å². The van der Waals surface area contributed by atoms with E-state index in [-0.39, 0.29) is 53.3 Å². The number of halogens is 1. The van der Waals surface area contributed by atoms with Crippen LogP contribution < -0.4 is 0 Å². The number of amides is 3. The van der Waals surface area contributed by atoms with Gasteiger partial charge in [-0.2, -0.15) is 5.01 Å². The number of nitro groups is 1. The molecular weight excluding hydrogens is 434 g/mol. The first-order valence-corrected chi connectivity index (χ1v) is 10.9. The molecule has 0 spiro atoms. The van der Waals surface area contributed by atoms with Crippen LogP contribution in [0.5, 0.6) is 0 Å². The molecule has 3 amide bonds. The molecule has 9 heteroatoms. The summed E-state index contributed by atoms with van der Waals surface area (Å²) >= 11 is 5.97. The molecule has 0 N–H and O–H groups in total. The number of rotatable bonds is 5. The van der Waals surface area contributed by atoms with E-state index in [1.54, 1.807) is 24.3 Å². The first kappa shape index (κ1) is 20.6. The van der Waals surface area contributed by atoms with Crippen LogP contribution in [0.2, 0.25) is 5.02 Å². The summed E-state index contributed by atoms with van der Waals surface area (Å²) in [5.41, 5.74) is 0.471. The summed E-state index contributed by atoms with van der Waals surface area (Å²) in [4.78, 5) is 50.8. The normalized spacial score (nSPS) is 25.8. The average Bonchev–Trinajstić information content (AvgIpc) is 3.47. The van der Waals surface area contributed by atoms with Gasteiger partial charge in [-0.05, 0) is 54.9 Å². The Morgan fingerprint density at radius 3 is 2.28 bits per heavy atom. The Kier molecular flexibility index (Phi) is 4.97. The van der Waals surface area contributed by atoms with Gasteiger partial charge in [-0.1, -0.05) is 29.8 Å². The van der Waals surface area contributed by atoms with Gasteiger partial charge in [0, 0.05) is 22.7 Å². The van der Waals surface area contributed by atoms with Crippen molar-refractivity contribution in [3.05, 3.63) is 74.8 Å². The highest BCUT2D eigenvalue weighted by Gasteiger charge is 2.62. The van der Waals surface area contributed by atoms with E-state index < -0.39 is 10.8 Å². The van der Waals surface area contributed by atoms with Crippen LogP contribution >= 0.6 is 11.6 Å². The molecule has 2 bridgehead atoms. The molecule has 32 heavy (non-hydrogen) atoms. The third-order valence-corrected chi connectivity index (χ3v) is 7.18. The third-order valence-electron chi connectivity index (χ3n) is 6.93. The maximum Gasteiger partial charge on any atom is 0.273 e. The van der Waals surface area contributed by atoms with Gasteiger partial charge < -0.3 is 0 Å². The zero-order valence-electron chi connectivity index (χ0n) is 17.0. The van der Waals surface area contributed by atoms with Crippen molar-refractivity contribution in [3.8, 4) is 0 Å². The van der Waals surface area contributed by atoms with Crippen LogP contribution in [-0.2, 0) is 16.1 Å². The zero-order chi connectivity index (χ0) is 22.6. The Hall–Kier alpha value is -3.26. The number of nitrogens with zero attached hydrogens (tertiary/aromatic N) is 3. The minimum Gasteiger partial charge on any atom is -0.272 e. The number of hydrogen-bond donors (Lipinski definition) is 0. The topological polar surface area (TPSA) is 101 Å². The number of carbonyl (C=O) groups excluding carboxylic acids is 3. The Morgan fingerprint density at radius 2 is 1.69 bits per heavy atom. The lowest BCUT2D eigenvalue weighted by Gasteiger charge is -2.31. The van der Waals surface area contributed by atoms with Crippen LogP contribution in [0.15, 0.2) is 48.5 Å². The maximum absolute atomic E-state index is 13.5. The fourth-order valence-electron chi connectivity index (χ4n) is 5.53. The first-order valence-electron chi connectivity index (χ1n) is 10.5. The molecule has 2 aromatic rings. The van der Waals surface area contributed by atoms with Crippen LogP contribution in [-0.4, -0.2) is 32.7 Å². The second-order valence-corrected chi connectivity index (χ2v) is 9.11. The monoisotopic (exact) mass is 453 g/mol. The largest absolute Gasteiger partial charge is 0.273 e. The Bertz CT molecular complexity index is 1110. The molecule has 0 radical (unpaired) electrons. The van der Waals surface area contributed by atoms with Gasteiger partial charge in [0.2, 0.25) is 0 Å². The van der Waals surface area contributed by atoms with Gasteiger partial charge in [0.1, 0.15) is 0 Å². The molecular formula is C23H20ClN3O5. The number of hydrazine groups is 1. The number of benzene rings is 2. The summed E-state index contributed by atoms with van der Waals surface area (Å²) in [6.07, 6.45) is 2.74. The highest BCUT2D eigenvalue weighted by atomic mass is 35.5. The summed E-state index contributed by atoms with van der Waals surface area (Å²) in [6, 6.07) is 12.1. The van der Waals surface area contributed by atoms with Gasteiger partial charge in [-0.15, -0.1) is 0 Å². The lowest BCUT2D eigenvalue weighted by Crippen LogP contribution is -2.50. The number of non-ortho nitro benzene ring substituents is 1. The summed E-state index contributed by atoms with van der Waals surface area (Å²) in [5.74, 6) is -1.75. The number of nitro benzene ring substituents is 1. The summed E-state index contributed by atoms with van der Waals surface area (Å²) in [7, 11) is 0. The molecule has 5 rings (SSSR count). The van der Waals surface area contributed by atoms with Gasteiger partial charge >= 0.3 is 0 Å². The van der Waals surface area contributed by atoms with Crippen LogP contribution in [0, 0.1) is 33.8 Å². The highest BCUT2D eigenvalue weighted by Crippen LogP contribution is 2.56. The lowest BCUT2D eigenvalue weighted by molar-refractivity contribution is -0.384. The van der Waals surface area contributed by atoms with Crippen molar-refractivity contribution >= 4 is 35.0 Å². The Labute approximate surface area is 188 Å². The molecule has 1 saturated heterocycles. The second-order valence-electron chi connectivity index (χ2n) is 8.67. The summed E-state index contributed by atoms with van der Waals surface area (Å²) in [6.45, 7) is -0.0368. The van der Waals surface area contributed by atoms with Crippen molar-refractivity contribution in [2.45, 2.75) is 25.8 Å². The molecule has 3 aliphatic rings. The lowest BCUT2D eigenvalue weighted by atomic mass is 9.81. The Morgan fingerprint density at radius 1 is 1.06 bits per heavy atom. The summed E-state index contributed by atoms with van der Waals surface area (Å²) in [5, 5.41) is 13.8. The standard InChI is InChI=1S/C23H20ClN3O5/c24-17-8-4-13(5-9-17)12-25(21(28)16-2-1-3-18(11-16)27(31)32)26-22(29)19-14-6-7-15(10-14)20(19)23(26)30/h1-5,8-9,11,14-15,19-20H,6-7,10,12H2/t14-,15-,19-,20-/m0/s1. The van der Waals surface area contributed by atoms with E-state index in [0.717, 1.165) is 35.3 Å². The summed E-state index contributed by atoms with van der Waals surface area (Å²) < 4.78 is 0. The molecule has 2 aromatic carbocycles. The molecule has 2 saturated carbocycles. The molecule has 1 heterocycles. The number of hydrogen-bond acceptors (Lipinski definition) is 5. The van der Waals surface area contributed by atoms with Crippen molar-refractivity contribution < 1.29 is 19.3 Å². The highest BCUT2D eigenvalue weighted by molar-refractivity contribution is 6.30.